The van der Waals surface area contributed by atoms with Gasteiger partial charge >= 0.3 is 0 Å². The molecule has 1 aromatic carbocycles. The number of hydrogen-bond acceptors (Lipinski definition) is 4. The Morgan fingerprint density at radius 2 is 2.00 bits per heavy atom. The molecule has 0 spiro atoms. The predicted molar refractivity (Wildman–Crippen MR) is 104 cm³/mol. The number of nitrogens with one attached hydrogen (secondary N) is 2. The molecule has 2 aromatic rings. The molecule has 1 fully saturated rings. The summed E-state index contributed by atoms with van der Waals surface area (Å²) in [4.78, 5) is 30.8. The van der Waals surface area contributed by atoms with Gasteiger partial charge < -0.3 is 10.6 Å². The molecule has 1 atom stereocenters. The zero-order valence-electron chi connectivity index (χ0n) is 15.4. The molecule has 6 heteroatoms. The van der Waals surface area contributed by atoms with Crippen molar-refractivity contribution in [2.24, 2.45) is 0 Å². The maximum Gasteiger partial charge on any atom is 0.237 e. The van der Waals surface area contributed by atoms with E-state index in [1.54, 1.807) is 12.4 Å². The normalized spacial score (nSPS) is 17.3. The van der Waals surface area contributed by atoms with E-state index in [0.717, 1.165) is 24.9 Å². The minimum absolute atomic E-state index is 0.0791. The molecule has 3 rings (SSSR count). The maximum absolute atomic E-state index is 12.3. The van der Waals surface area contributed by atoms with Crippen molar-refractivity contribution in [2.45, 2.75) is 31.8 Å². The van der Waals surface area contributed by atoms with Gasteiger partial charge in [0.2, 0.25) is 11.8 Å². The van der Waals surface area contributed by atoms with Crippen LogP contribution in [0, 0.1) is 0 Å². The van der Waals surface area contributed by atoms with Crippen molar-refractivity contribution in [3.05, 3.63) is 66.0 Å². The van der Waals surface area contributed by atoms with E-state index in [0.29, 0.717) is 19.6 Å². The van der Waals surface area contributed by atoms with Gasteiger partial charge in [-0.3, -0.25) is 19.5 Å². The highest BCUT2D eigenvalue weighted by Crippen LogP contribution is 2.13. The summed E-state index contributed by atoms with van der Waals surface area (Å²) in [6, 6.07) is 13.6. The summed E-state index contributed by atoms with van der Waals surface area (Å²) >= 11 is 0. The van der Waals surface area contributed by atoms with Crippen LogP contribution < -0.4 is 10.6 Å². The van der Waals surface area contributed by atoms with Gasteiger partial charge in [-0.1, -0.05) is 36.4 Å². The van der Waals surface area contributed by atoms with Crippen molar-refractivity contribution in [1.29, 1.82) is 0 Å². The molecule has 0 aliphatic carbocycles. The van der Waals surface area contributed by atoms with Gasteiger partial charge in [-0.2, -0.15) is 0 Å². The molecular formula is C21H26N4O2. The largest absolute Gasteiger partial charge is 0.356 e. The molecule has 142 valence electrons. The summed E-state index contributed by atoms with van der Waals surface area (Å²) in [5.74, 6) is -0.161. The number of aryl methyl sites for hydroxylation is 1. The highest BCUT2D eigenvalue weighted by molar-refractivity contribution is 5.88. The number of nitrogens with zero attached hydrogens (tertiary/aromatic N) is 2. The maximum atomic E-state index is 12.3. The summed E-state index contributed by atoms with van der Waals surface area (Å²) in [5, 5.41) is 5.81. The number of carbonyl (C=O) groups excluding carboxylic acids is 2. The molecular weight excluding hydrogens is 340 g/mol. The number of rotatable bonds is 8. The average Bonchev–Trinajstić information content (AvgIpc) is 2.70. The van der Waals surface area contributed by atoms with Gasteiger partial charge in [0.05, 0.1) is 12.5 Å². The van der Waals surface area contributed by atoms with E-state index < -0.39 is 6.04 Å². The zero-order valence-corrected chi connectivity index (χ0v) is 15.4. The summed E-state index contributed by atoms with van der Waals surface area (Å²) in [6.45, 7) is 2.57. The third kappa shape index (κ3) is 5.89. The van der Waals surface area contributed by atoms with Crippen molar-refractivity contribution >= 4 is 11.8 Å². The Balaban J connectivity index is 1.47. The Bertz CT molecular complexity index is 736. The van der Waals surface area contributed by atoms with E-state index in [9.17, 15) is 9.59 Å². The van der Waals surface area contributed by atoms with Crippen molar-refractivity contribution in [3.63, 3.8) is 0 Å². The van der Waals surface area contributed by atoms with Crippen molar-refractivity contribution in [2.75, 3.05) is 19.6 Å². The highest BCUT2D eigenvalue weighted by Gasteiger charge is 2.31. The first-order chi connectivity index (χ1) is 13.2. The standard InChI is InChI=1S/C21H26N4O2/c26-20(23-11-5-8-17-6-2-1-3-7-17)14-19-21(27)24-12-13-25(19)16-18-9-4-10-22-15-18/h1-4,6-7,9-10,15,19H,5,8,11-14,16H2,(H,23,26)(H,24,27). The van der Waals surface area contributed by atoms with E-state index in [2.05, 4.69) is 32.7 Å². The van der Waals surface area contributed by atoms with Crippen LogP contribution in [-0.4, -0.2) is 47.4 Å². The summed E-state index contributed by atoms with van der Waals surface area (Å²) in [7, 11) is 0. The fourth-order valence-corrected chi connectivity index (χ4v) is 3.31. The van der Waals surface area contributed by atoms with Crippen LogP contribution in [0.15, 0.2) is 54.9 Å². The van der Waals surface area contributed by atoms with E-state index in [-0.39, 0.29) is 18.2 Å². The molecule has 6 nitrogen and oxygen atoms in total. The number of amides is 2. The topological polar surface area (TPSA) is 74.3 Å². The summed E-state index contributed by atoms with van der Waals surface area (Å²) in [6.07, 6.45) is 5.52. The third-order valence-corrected chi connectivity index (χ3v) is 4.74. The molecule has 2 N–H and O–H groups in total. The van der Waals surface area contributed by atoms with Crippen molar-refractivity contribution in [1.82, 2.24) is 20.5 Å². The quantitative estimate of drug-likeness (QED) is 0.695. The van der Waals surface area contributed by atoms with Crippen LogP contribution in [0.5, 0.6) is 0 Å². The smallest absolute Gasteiger partial charge is 0.237 e. The fourth-order valence-electron chi connectivity index (χ4n) is 3.31. The second kappa shape index (κ2) is 9.83. The molecule has 2 amide bonds. The Kier molecular flexibility index (Phi) is 6.93. The number of pyridine rings is 1. The first-order valence-corrected chi connectivity index (χ1v) is 9.43. The van der Waals surface area contributed by atoms with Crippen LogP contribution in [0.2, 0.25) is 0 Å². The molecule has 27 heavy (non-hydrogen) atoms. The monoisotopic (exact) mass is 366 g/mol. The first-order valence-electron chi connectivity index (χ1n) is 9.43. The van der Waals surface area contributed by atoms with E-state index in [1.807, 2.05) is 30.3 Å². The second-order valence-electron chi connectivity index (χ2n) is 6.78. The SMILES string of the molecule is O=C(CC1C(=O)NCCN1Cc1cccnc1)NCCCc1ccccc1. The molecule has 1 unspecified atom stereocenters. The van der Waals surface area contributed by atoms with Gasteiger partial charge in [0.1, 0.15) is 0 Å². The first kappa shape index (κ1) is 19.0. The van der Waals surface area contributed by atoms with Gasteiger partial charge in [-0.05, 0) is 30.0 Å². The minimum Gasteiger partial charge on any atom is -0.356 e. The van der Waals surface area contributed by atoms with Gasteiger partial charge in [-0.25, -0.2) is 0 Å². The van der Waals surface area contributed by atoms with E-state index in [1.165, 1.54) is 5.56 Å². The van der Waals surface area contributed by atoms with Gasteiger partial charge in [0.15, 0.2) is 0 Å². The van der Waals surface area contributed by atoms with Crippen LogP contribution in [0.1, 0.15) is 24.0 Å². The van der Waals surface area contributed by atoms with Gasteiger partial charge in [-0.15, -0.1) is 0 Å². The molecule has 2 heterocycles. The molecule has 1 saturated heterocycles. The Morgan fingerprint density at radius 3 is 2.78 bits per heavy atom. The lowest BCUT2D eigenvalue weighted by atomic mass is 10.1. The number of hydrogen-bond donors (Lipinski definition) is 2. The van der Waals surface area contributed by atoms with Crippen LogP contribution in [0.4, 0.5) is 0 Å². The number of benzene rings is 1. The lowest BCUT2D eigenvalue weighted by molar-refractivity contribution is -0.134. The molecule has 0 radical (unpaired) electrons. The summed E-state index contributed by atoms with van der Waals surface area (Å²) < 4.78 is 0. The Hall–Kier alpha value is -2.73. The second-order valence-corrected chi connectivity index (χ2v) is 6.78. The van der Waals surface area contributed by atoms with Crippen LogP contribution >= 0.6 is 0 Å². The fraction of sp³-hybridized carbons (Fsp3) is 0.381. The Labute approximate surface area is 160 Å². The van der Waals surface area contributed by atoms with Crippen molar-refractivity contribution in [3.8, 4) is 0 Å². The van der Waals surface area contributed by atoms with Gasteiger partial charge in [0.25, 0.3) is 0 Å². The zero-order chi connectivity index (χ0) is 18.9. The molecule has 0 saturated carbocycles. The van der Waals surface area contributed by atoms with Crippen LogP contribution in [-0.2, 0) is 22.6 Å². The Morgan fingerprint density at radius 1 is 1.19 bits per heavy atom. The third-order valence-electron chi connectivity index (χ3n) is 4.74. The lowest BCUT2D eigenvalue weighted by Crippen LogP contribution is -2.56. The lowest BCUT2D eigenvalue weighted by Gasteiger charge is -2.34. The van der Waals surface area contributed by atoms with E-state index in [4.69, 9.17) is 0 Å². The van der Waals surface area contributed by atoms with Gasteiger partial charge in [0, 0.05) is 38.6 Å². The highest BCUT2D eigenvalue weighted by atomic mass is 16.2. The molecule has 1 aliphatic rings. The minimum atomic E-state index is -0.437. The predicted octanol–water partition coefficient (Wildman–Crippen LogP) is 1.52. The number of piperazine rings is 1. The number of aromatic nitrogens is 1. The number of carbonyl (C=O) groups is 2. The van der Waals surface area contributed by atoms with E-state index >= 15 is 0 Å². The average molecular weight is 366 g/mol. The molecule has 0 bridgehead atoms. The van der Waals surface area contributed by atoms with Crippen LogP contribution in [0.3, 0.4) is 0 Å². The van der Waals surface area contributed by atoms with Crippen LogP contribution in [0.25, 0.3) is 0 Å². The van der Waals surface area contributed by atoms with Crippen molar-refractivity contribution < 1.29 is 9.59 Å². The summed E-state index contributed by atoms with van der Waals surface area (Å²) in [5.41, 5.74) is 2.31. The molecule has 1 aromatic heterocycles. The molecule has 1 aliphatic heterocycles.